The molecule has 2 bridgehead atoms. The first-order valence-corrected chi connectivity index (χ1v) is 6.68. The van der Waals surface area contributed by atoms with Crippen molar-refractivity contribution in [1.29, 1.82) is 0 Å². The van der Waals surface area contributed by atoms with E-state index < -0.39 is 0 Å². The number of aromatic nitrogens is 1. The van der Waals surface area contributed by atoms with Gasteiger partial charge in [0.15, 0.2) is 0 Å². The minimum absolute atomic E-state index is 0.0979. The minimum atomic E-state index is 0.0979. The summed E-state index contributed by atoms with van der Waals surface area (Å²) in [6.07, 6.45) is 5.71. The van der Waals surface area contributed by atoms with Gasteiger partial charge in [-0.15, -0.1) is 0 Å². The molecule has 0 aromatic carbocycles. The number of ether oxygens (including phenoxy) is 1. The molecule has 4 nitrogen and oxygen atoms in total. The van der Waals surface area contributed by atoms with Crippen LogP contribution in [0.25, 0.3) is 0 Å². The minimum Gasteiger partial charge on any atom is -0.481 e. The van der Waals surface area contributed by atoms with E-state index in [0.717, 1.165) is 25.7 Å². The van der Waals surface area contributed by atoms with E-state index in [2.05, 4.69) is 11.6 Å². The van der Waals surface area contributed by atoms with Crippen LogP contribution in [0.4, 0.5) is 0 Å². The fourth-order valence-corrected chi connectivity index (χ4v) is 3.25. The smallest absolute Gasteiger partial charge is 0.254 e. The molecule has 3 heterocycles. The van der Waals surface area contributed by atoms with E-state index in [1.165, 1.54) is 5.57 Å². The Morgan fingerprint density at radius 2 is 2.11 bits per heavy atom. The van der Waals surface area contributed by atoms with Crippen LogP contribution in [-0.2, 0) is 0 Å². The van der Waals surface area contributed by atoms with Crippen LogP contribution in [0, 0.1) is 0 Å². The van der Waals surface area contributed by atoms with E-state index in [4.69, 9.17) is 4.74 Å². The van der Waals surface area contributed by atoms with Gasteiger partial charge in [-0.25, -0.2) is 4.98 Å². The Bertz CT molecular complexity index is 511. The highest BCUT2D eigenvalue weighted by Gasteiger charge is 2.41. The number of nitrogens with zero attached hydrogens (tertiary/aromatic N) is 2. The molecule has 2 aliphatic heterocycles. The number of hydrogen-bond acceptors (Lipinski definition) is 3. The first-order valence-electron chi connectivity index (χ1n) is 6.68. The third kappa shape index (κ3) is 2.11. The third-order valence-corrected chi connectivity index (χ3v) is 4.09. The third-order valence-electron chi connectivity index (χ3n) is 4.09. The molecule has 1 aromatic heterocycles. The zero-order valence-corrected chi connectivity index (χ0v) is 11.1. The van der Waals surface area contributed by atoms with Crippen LogP contribution >= 0.6 is 0 Å². The fraction of sp³-hybridized carbons (Fsp3) is 0.467. The Balaban J connectivity index is 1.86. The summed E-state index contributed by atoms with van der Waals surface area (Å²) < 4.78 is 5.08. The van der Waals surface area contributed by atoms with Crippen molar-refractivity contribution >= 4 is 5.91 Å². The molecule has 2 saturated heterocycles. The van der Waals surface area contributed by atoms with Crippen molar-refractivity contribution in [2.45, 2.75) is 37.8 Å². The molecule has 1 aromatic rings. The number of methoxy groups -OCH3 is 1. The maximum atomic E-state index is 12.6. The molecule has 4 heteroatoms. The molecule has 0 aliphatic carbocycles. The van der Waals surface area contributed by atoms with E-state index in [9.17, 15) is 4.79 Å². The van der Waals surface area contributed by atoms with Crippen LogP contribution in [0.1, 0.15) is 36.0 Å². The van der Waals surface area contributed by atoms with Crippen molar-refractivity contribution in [1.82, 2.24) is 9.88 Å². The maximum Gasteiger partial charge on any atom is 0.254 e. The average Bonchev–Trinajstić information content (AvgIpc) is 2.70. The lowest BCUT2D eigenvalue weighted by molar-refractivity contribution is 0.0634. The standard InChI is InChI=1S/C15H18N2O2/c1-10-7-12-3-4-13(8-10)17(12)15(18)11-5-6-16-14(9-11)19-2/h5-6,9,12-13H,1,3-4,7-8H2,2H3. The number of carbonyl (C=O) groups is 1. The van der Waals surface area contributed by atoms with Crippen LogP contribution in [0.2, 0.25) is 0 Å². The first kappa shape index (κ1) is 12.2. The molecule has 3 rings (SSSR count). The summed E-state index contributed by atoms with van der Waals surface area (Å²) in [5, 5.41) is 0. The zero-order valence-electron chi connectivity index (χ0n) is 11.1. The lowest BCUT2D eigenvalue weighted by Gasteiger charge is -2.36. The van der Waals surface area contributed by atoms with Gasteiger partial charge in [-0.2, -0.15) is 0 Å². The normalized spacial score (nSPS) is 25.5. The van der Waals surface area contributed by atoms with Gasteiger partial charge < -0.3 is 9.64 Å². The summed E-state index contributed by atoms with van der Waals surface area (Å²) in [5.74, 6) is 0.584. The highest BCUT2D eigenvalue weighted by molar-refractivity contribution is 5.95. The van der Waals surface area contributed by atoms with Gasteiger partial charge >= 0.3 is 0 Å². The van der Waals surface area contributed by atoms with Gasteiger partial charge in [0.05, 0.1) is 7.11 Å². The molecule has 0 radical (unpaired) electrons. The van der Waals surface area contributed by atoms with E-state index in [1.54, 1.807) is 25.4 Å². The van der Waals surface area contributed by atoms with Gasteiger partial charge in [-0.3, -0.25) is 4.79 Å². The fourth-order valence-electron chi connectivity index (χ4n) is 3.25. The number of hydrogen-bond donors (Lipinski definition) is 0. The number of amides is 1. The van der Waals surface area contributed by atoms with Crippen molar-refractivity contribution in [2.24, 2.45) is 0 Å². The van der Waals surface area contributed by atoms with Crippen molar-refractivity contribution in [3.8, 4) is 5.88 Å². The summed E-state index contributed by atoms with van der Waals surface area (Å²) in [7, 11) is 1.56. The van der Waals surface area contributed by atoms with Crippen LogP contribution in [0.3, 0.4) is 0 Å². The van der Waals surface area contributed by atoms with Crippen LogP contribution in [0.15, 0.2) is 30.5 Å². The van der Waals surface area contributed by atoms with Gasteiger partial charge in [0.25, 0.3) is 5.91 Å². The molecule has 0 N–H and O–H groups in total. The Morgan fingerprint density at radius 3 is 2.74 bits per heavy atom. The number of carbonyl (C=O) groups excluding carboxylic acids is 1. The van der Waals surface area contributed by atoms with Crippen molar-refractivity contribution in [2.75, 3.05) is 7.11 Å². The molecule has 0 spiro atoms. The van der Waals surface area contributed by atoms with E-state index >= 15 is 0 Å². The summed E-state index contributed by atoms with van der Waals surface area (Å²) in [5.41, 5.74) is 1.94. The molecule has 19 heavy (non-hydrogen) atoms. The SMILES string of the molecule is C=C1CC2CCC(C1)N2C(=O)c1ccnc(OC)c1. The van der Waals surface area contributed by atoms with Crippen molar-refractivity contribution in [3.05, 3.63) is 36.0 Å². The average molecular weight is 258 g/mol. The highest BCUT2D eigenvalue weighted by Crippen LogP contribution is 2.38. The topological polar surface area (TPSA) is 42.4 Å². The van der Waals surface area contributed by atoms with Gasteiger partial charge in [0.1, 0.15) is 0 Å². The summed E-state index contributed by atoms with van der Waals surface area (Å²) >= 11 is 0. The molecular weight excluding hydrogens is 240 g/mol. The predicted octanol–water partition coefficient (Wildman–Crippen LogP) is 2.41. The van der Waals surface area contributed by atoms with Crippen molar-refractivity contribution in [3.63, 3.8) is 0 Å². The summed E-state index contributed by atoms with van der Waals surface area (Å²) in [6.45, 7) is 4.08. The number of rotatable bonds is 2. The van der Waals surface area contributed by atoms with Crippen LogP contribution in [0.5, 0.6) is 5.88 Å². The second-order valence-corrected chi connectivity index (χ2v) is 5.34. The second kappa shape index (κ2) is 4.68. The zero-order chi connectivity index (χ0) is 13.4. The van der Waals surface area contributed by atoms with E-state index in [1.807, 2.05) is 4.90 Å². The van der Waals surface area contributed by atoms with E-state index in [0.29, 0.717) is 23.5 Å². The molecule has 0 saturated carbocycles. The van der Waals surface area contributed by atoms with Gasteiger partial charge in [-0.05, 0) is 31.7 Å². The Morgan fingerprint density at radius 1 is 1.42 bits per heavy atom. The monoisotopic (exact) mass is 258 g/mol. The summed E-state index contributed by atoms with van der Waals surface area (Å²) in [6, 6.07) is 4.13. The van der Waals surface area contributed by atoms with Crippen molar-refractivity contribution < 1.29 is 9.53 Å². The maximum absolute atomic E-state index is 12.6. The predicted molar refractivity (Wildman–Crippen MR) is 72.1 cm³/mol. The largest absolute Gasteiger partial charge is 0.481 e. The first-order chi connectivity index (χ1) is 9.19. The summed E-state index contributed by atoms with van der Waals surface area (Å²) in [4.78, 5) is 18.7. The molecule has 1 amide bonds. The van der Waals surface area contributed by atoms with Gasteiger partial charge in [0, 0.05) is 29.9 Å². The van der Waals surface area contributed by atoms with Crippen LogP contribution in [-0.4, -0.2) is 35.0 Å². The lowest BCUT2D eigenvalue weighted by atomic mass is 9.97. The molecule has 2 aliphatic rings. The quantitative estimate of drug-likeness (QED) is 0.765. The lowest BCUT2D eigenvalue weighted by Crippen LogP contribution is -2.44. The van der Waals surface area contributed by atoms with E-state index in [-0.39, 0.29) is 5.91 Å². The highest BCUT2D eigenvalue weighted by atomic mass is 16.5. The Hall–Kier alpha value is -1.84. The van der Waals surface area contributed by atoms with Crippen LogP contribution < -0.4 is 4.74 Å². The number of piperidine rings is 1. The Labute approximate surface area is 113 Å². The molecule has 2 unspecified atom stereocenters. The number of fused-ring (bicyclic) bond motifs is 2. The molecule has 100 valence electrons. The molecule has 2 fully saturated rings. The number of pyridine rings is 1. The molecule has 2 atom stereocenters. The molecular formula is C15H18N2O2. The van der Waals surface area contributed by atoms with Gasteiger partial charge in [-0.1, -0.05) is 12.2 Å². The second-order valence-electron chi connectivity index (χ2n) is 5.34. The van der Waals surface area contributed by atoms with Gasteiger partial charge in [0.2, 0.25) is 5.88 Å². The Kier molecular flexibility index (Phi) is 3.01.